The molecule has 180 valence electrons. The van der Waals surface area contributed by atoms with Gasteiger partial charge in [0.15, 0.2) is 0 Å². The molecule has 1 saturated heterocycles. The second kappa shape index (κ2) is 10.7. The standard InChI is InChI=1S/C27H32N2O5/c1-18(15-25(30)29-14-6-7-19(16-29)12-13-26(31)32)28-27(33)34-17-24-22-10-4-2-8-20(22)21-9-3-5-11-23(21)24/h2-5,8-11,18-19,24H,6-7,12-17H2,1H3,(H,28,33)(H,31,32). The van der Waals surface area contributed by atoms with E-state index < -0.39 is 12.1 Å². The van der Waals surface area contributed by atoms with Gasteiger partial charge in [0.05, 0.1) is 0 Å². The van der Waals surface area contributed by atoms with Crippen LogP contribution < -0.4 is 5.32 Å². The molecular weight excluding hydrogens is 432 g/mol. The molecule has 2 aromatic carbocycles. The highest BCUT2D eigenvalue weighted by Crippen LogP contribution is 2.44. The number of nitrogens with zero attached hydrogens (tertiary/aromatic N) is 1. The molecule has 0 aromatic heterocycles. The summed E-state index contributed by atoms with van der Waals surface area (Å²) in [6, 6.07) is 16.0. The molecule has 2 aromatic rings. The Bertz CT molecular complexity index is 1010. The minimum Gasteiger partial charge on any atom is -0.481 e. The Morgan fingerprint density at radius 1 is 1.09 bits per heavy atom. The molecule has 0 saturated carbocycles. The fourth-order valence-corrected chi connectivity index (χ4v) is 5.14. The van der Waals surface area contributed by atoms with Gasteiger partial charge in [0.1, 0.15) is 6.61 Å². The van der Waals surface area contributed by atoms with Gasteiger partial charge < -0.3 is 20.1 Å². The molecule has 2 amide bonds. The van der Waals surface area contributed by atoms with Gasteiger partial charge in [-0.2, -0.15) is 0 Å². The summed E-state index contributed by atoms with van der Waals surface area (Å²) >= 11 is 0. The number of ether oxygens (including phenoxy) is 1. The van der Waals surface area contributed by atoms with E-state index in [0.29, 0.717) is 19.5 Å². The van der Waals surface area contributed by atoms with Gasteiger partial charge in [-0.05, 0) is 54.4 Å². The van der Waals surface area contributed by atoms with E-state index in [1.54, 1.807) is 11.8 Å². The number of hydrogen-bond acceptors (Lipinski definition) is 4. The van der Waals surface area contributed by atoms with Crippen molar-refractivity contribution in [2.75, 3.05) is 19.7 Å². The van der Waals surface area contributed by atoms with Crippen LogP contribution in [0, 0.1) is 5.92 Å². The van der Waals surface area contributed by atoms with Gasteiger partial charge in [-0.15, -0.1) is 0 Å². The number of alkyl carbamates (subject to hydrolysis) is 1. The number of piperidine rings is 1. The van der Waals surface area contributed by atoms with Crippen LogP contribution in [0.5, 0.6) is 0 Å². The Labute approximate surface area is 200 Å². The Morgan fingerprint density at radius 2 is 1.74 bits per heavy atom. The minimum absolute atomic E-state index is 0.00817. The van der Waals surface area contributed by atoms with E-state index in [9.17, 15) is 14.4 Å². The molecule has 1 fully saturated rings. The van der Waals surface area contributed by atoms with Crippen LogP contribution in [0.1, 0.15) is 56.1 Å². The predicted molar refractivity (Wildman–Crippen MR) is 128 cm³/mol. The van der Waals surface area contributed by atoms with E-state index in [1.165, 1.54) is 11.1 Å². The van der Waals surface area contributed by atoms with Crippen LogP contribution in [-0.2, 0) is 14.3 Å². The van der Waals surface area contributed by atoms with Crippen molar-refractivity contribution in [1.29, 1.82) is 0 Å². The van der Waals surface area contributed by atoms with E-state index in [4.69, 9.17) is 9.84 Å². The van der Waals surface area contributed by atoms with E-state index >= 15 is 0 Å². The molecule has 4 rings (SSSR count). The molecular formula is C27H32N2O5. The number of carbonyl (C=O) groups is 3. The van der Waals surface area contributed by atoms with Crippen molar-refractivity contribution in [3.63, 3.8) is 0 Å². The average Bonchev–Trinajstić information content (AvgIpc) is 3.15. The molecule has 1 heterocycles. The summed E-state index contributed by atoms with van der Waals surface area (Å²) in [6.07, 6.45) is 2.21. The summed E-state index contributed by atoms with van der Waals surface area (Å²) in [5, 5.41) is 11.7. The number of amides is 2. The van der Waals surface area contributed by atoms with Crippen LogP contribution >= 0.6 is 0 Å². The highest BCUT2D eigenvalue weighted by atomic mass is 16.5. The molecule has 0 bridgehead atoms. The SMILES string of the molecule is CC(CC(=O)N1CCCC(CCC(=O)O)C1)NC(=O)OCC1c2ccccc2-c2ccccc21. The first-order valence-corrected chi connectivity index (χ1v) is 12.0. The maximum Gasteiger partial charge on any atom is 0.407 e. The van der Waals surface area contributed by atoms with Crippen LogP contribution in [0.25, 0.3) is 11.1 Å². The number of carboxylic acid groups (broad SMARTS) is 1. The number of rotatable bonds is 8. The smallest absolute Gasteiger partial charge is 0.407 e. The zero-order valence-corrected chi connectivity index (χ0v) is 19.5. The van der Waals surface area contributed by atoms with E-state index in [1.807, 2.05) is 24.3 Å². The molecule has 2 N–H and O–H groups in total. The zero-order valence-electron chi connectivity index (χ0n) is 19.5. The first kappa shape index (κ1) is 23.8. The number of aliphatic carboxylic acids is 1. The van der Waals surface area contributed by atoms with Gasteiger partial charge in [-0.3, -0.25) is 9.59 Å². The third-order valence-corrected chi connectivity index (χ3v) is 6.83. The van der Waals surface area contributed by atoms with Gasteiger partial charge in [-0.25, -0.2) is 4.79 Å². The van der Waals surface area contributed by atoms with Crippen molar-refractivity contribution in [1.82, 2.24) is 10.2 Å². The molecule has 7 heteroatoms. The number of benzene rings is 2. The monoisotopic (exact) mass is 464 g/mol. The highest BCUT2D eigenvalue weighted by molar-refractivity contribution is 5.79. The first-order valence-electron chi connectivity index (χ1n) is 12.0. The molecule has 0 radical (unpaired) electrons. The summed E-state index contributed by atoms with van der Waals surface area (Å²) in [6.45, 7) is 3.30. The van der Waals surface area contributed by atoms with E-state index in [2.05, 4.69) is 29.6 Å². The van der Waals surface area contributed by atoms with E-state index in [0.717, 1.165) is 24.0 Å². The molecule has 2 aliphatic rings. The zero-order chi connectivity index (χ0) is 24.1. The fraction of sp³-hybridized carbons (Fsp3) is 0.444. The van der Waals surface area contributed by atoms with Gasteiger partial charge in [0.25, 0.3) is 0 Å². The molecule has 0 spiro atoms. The van der Waals surface area contributed by atoms with E-state index in [-0.39, 0.29) is 43.2 Å². The largest absolute Gasteiger partial charge is 0.481 e. The lowest BCUT2D eigenvalue weighted by atomic mass is 9.93. The summed E-state index contributed by atoms with van der Waals surface area (Å²) in [5.74, 6) is -0.610. The lowest BCUT2D eigenvalue weighted by Crippen LogP contribution is -2.43. The van der Waals surface area contributed by atoms with Crippen molar-refractivity contribution in [3.8, 4) is 11.1 Å². The quantitative estimate of drug-likeness (QED) is 0.603. The van der Waals surface area contributed by atoms with Crippen molar-refractivity contribution < 1.29 is 24.2 Å². The van der Waals surface area contributed by atoms with Crippen LogP contribution in [0.4, 0.5) is 4.79 Å². The molecule has 1 aliphatic carbocycles. The van der Waals surface area contributed by atoms with Crippen LogP contribution in [0.2, 0.25) is 0 Å². The first-order chi connectivity index (χ1) is 16.4. The number of likely N-dealkylation sites (tertiary alicyclic amines) is 1. The maximum atomic E-state index is 12.7. The Hall–Kier alpha value is -3.35. The Morgan fingerprint density at radius 3 is 2.38 bits per heavy atom. The molecule has 34 heavy (non-hydrogen) atoms. The maximum absolute atomic E-state index is 12.7. The third kappa shape index (κ3) is 5.58. The molecule has 2 unspecified atom stereocenters. The van der Waals surface area contributed by atoms with Gasteiger partial charge >= 0.3 is 12.1 Å². The van der Waals surface area contributed by atoms with Gasteiger partial charge in [0, 0.05) is 37.9 Å². The highest BCUT2D eigenvalue weighted by Gasteiger charge is 2.29. The van der Waals surface area contributed by atoms with Crippen LogP contribution in [0.15, 0.2) is 48.5 Å². The second-order valence-electron chi connectivity index (χ2n) is 9.36. The lowest BCUT2D eigenvalue weighted by molar-refractivity contribution is -0.137. The minimum atomic E-state index is -0.802. The number of hydrogen-bond donors (Lipinski definition) is 2. The molecule has 1 aliphatic heterocycles. The topological polar surface area (TPSA) is 95.9 Å². The van der Waals surface area contributed by atoms with Gasteiger partial charge in [0.2, 0.25) is 5.91 Å². The second-order valence-corrected chi connectivity index (χ2v) is 9.36. The van der Waals surface area contributed by atoms with Crippen molar-refractivity contribution in [2.24, 2.45) is 5.92 Å². The fourth-order valence-electron chi connectivity index (χ4n) is 5.14. The Kier molecular flexibility index (Phi) is 7.50. The van der Waals surface area contributed by atoms with Crippen molar-refractivity contribution in [2.45, 2.75) is 51.0 Å². The van der Waals surface area contributed by atoms with Crippen LogP contribution in [0.3, 0.4) is 0 Å². The summed E-state index contributed by atoms with van der Waals surface area (Å²) in [4.78, 5) is 37.8. The number of nitrogens with one attached hydrogen (secondary N) is 1. The number of carboxylic acids is 1. The van der Waals surface area contributed by atoms with Gasteiger partial charge in [-0.1, -0.05) is 48.5 Å². The predicted octanol–water partition coefficient (Wildman–Crippen LogP) is 4.41. The molecule has 2 atom stereocenters. The summed E-state index contributed by atoms with van der Waals surface area (Å²) < 4.78 is 5.58. The summed E-state index contributed by atoms with van der Waals surface area (Å²) in [7, 11) is 0. The average molecular weight is 465 g/mol. The van der Waals surface area contributed by atoms with Crippen molar-refractivity contribution in [3.05, 3.63) is 59.7 Å². The third-order valence-electron chi connectivity index (χ3n) is 6.83. The lowest BCUT2D eigenvalue weighted by Gasteiger charge is -2.33. The summed E-state index contributed by atoms with van der Waals surface area (Å²) in [5.41, 5.74) is 4.66. The number of carbonyl (C=O) groups excluding carboxylic acids is 2. The normalized spacial score (nSPS) is 18.0. The number of fused-ring (bicyclic) bond motifs is 3. The van der Waals surface area contributed by atoms with Crippen molar-refractivity contribution >= 4 is 18.0 Å². The van der Waals surface area contributed by atoms with Crippen LogP contribution in [-0.4, -0.2) is 53.7 Å². The Balaban J connectivity index is 1.26. The molecule has 7 nitrogen and oxygen atoms in total.